The van der Waals surface area contributed by atoms with Gasteiger partial charge in [-0.1, -0.05) is 0 Å². The first-order valence-corrected chi connectivity index (χ1v) is 6.00. The van der Waals surface area contributed by atoms with Crippen molar-refractivity contribution in [3.05, 3.63) is 0 Å². The number of piperidine rings is 1. The van der Waals surface area contributed by atoms with Gasteiger partial charge in [-0.25, -0.2) is 9.59 Å². The standard InChI is InChI=1S/C12H21NO5/c1-12(2,3)18-11(16)13-7-8(14)5-6-9(13)10(15)17-4/h8-9,14H,5-7H2,1-4H3/t8-,9-/m1/s1. The Bertz CT molecular complexity index is 323. The van der Waals surface area contributed by atoms with Crippen LogP contribution in [-0.2, 0) is 14.3 Å². The Kier molecular flexibility index (Phi) is 4.56. The number of aliphatic hydroxyl groups excluding tert-OH is 1. The van der Waals surface area contributed by atoms with Crippen LogP contribution in [0.4, 0.5) is 4.79 Å². The maximum atomic E-state index is 12.0. The summed E-state index contributed by atoms with van der Waals surface area (Å²) in [5, 5.41) is 9.60. The van der Waals surface area contributed by atoms with E-state index in [1.165, 1.54) is 12.0 Å². The van der Waals surface area contributed by atoms with Gasteiger partial charge in [-0.15, -0.1) is 0 Å². The zero-order valence-corrected chi connectivity index (χ0v) is 11.3. The molecule has 0 aromatic rings. The maximum Gasteiger partial charge on any atom is 0.411 e. The third-order valence-corrected chi connectivity index (χ3v) is 2.66. The van der Waals surface area contributed by atoms with Crippen molar-refractivity contribution in [3.8, 4) is 0 Å². The lowest BCUT2D eigenvalue weighted by molar-refractivity contribution is -0.149. The van der Waals surface area contributed by atoms with E-state index in [0.717, 1.165) is 0 Å². The molecule has 104 valence electrons. The number of β-amino-alcohol motifs (C(OH)–C–C–N with tert-alkyl or cyclic N) is 1. The van der Waals surface area contributed by atoms with Crippen molar-refractivity contribution >= 4 is 12.1 Å². The molecule has 6 heteroatoms. The Hall–Kier alpha value is -1.30. The number of esters is 1. The summed E-state index contributed by atoms with van der Waals surface area (Å²) in [6, 6.07) is -0.673. The normalized spacial score (nSPS) is 24.6. The molecule has 1 rings (SSSR count). The van der Waals surface area contributed by atoms with E-state index in [2.05, 4.69) is 4.74 Å². The second-order valence-corrected chi connectivity index (χ2v) is 5.40. The van der Waals surface area contributed by atoms with E-state index >= 15 is 0 Å². The molecule has 0 radical (unpaired) electrons. The van der Waals surface area contributed by atoms with Crippen molar-refractivity contribution < 1.29 is 24.2 Å². The van der Waals surface area contributed by atoms with Gasteiger partial charge in [-0.3, -0.25) is 4.90 Å². The fraction of sp³-hybridized carbons (Fsp3) is 0.833. The molecule has 1 heterocycles. The van der Waals surface area contributed by atoms with Crippen molar-refractivity contribution in [2.24, 2.45) is 0 Å². The van der Waals surface area contributed by atoms with Crippen molar-refractivity contribution in [3.63, 3.8) is 0 Å². The zero-order chi connectivity index (χ0) is 13.9. The molecule has 2 atom stereocenters. The van der Waals surface area contributed by atoms with Crippen LogP contribution in [0.15, 0.2) is 0 Å². The minimum absolute atomic E-state index is 0.0919. The first-order valence-electron chi connectivity index (χ1n) is 6.00. The molecular formula is C12H21NO5. The second kappa shape index (κ2) is 5.56. The Morgan fingerprint density at radius 3 is 2.39 bits per heavy atom. The molecule has 1 aliphatic rings. The molecule has 0 bridgehead atoms. The van der Waals surface area contributed by atoms with E-state index in [0.29, 0.717) is 12.8 Å². The van der Waals surface area contributed by atoms with Crippen molar-refractivity contribution in [1.29, 1.82) is 0 Å². The largest absolute Gasteiger partial charge is 0.467 e. The van der Waals surface area contributed by atoms with Crippen LogP contribution in [0.3, 0.4) is 0 Å². The number of carbonyl (C=O) groups excluding carboxylic acids is 2. The zero-order valence-electron chi connectivity index (χ0n) is 11.3. The van der Waals surface area contributed by atoms with Gasteiger partial charge in [-0.05, 0) is 33.6 Å². The van der Waals surface area contributed by atoms with Crippen LogP contribution < -0.4 is 0 Å². The molecule has 0 aromatic heterocycles. The number of carbonyl (C=O) groups is 2. The lowest BCUT2D eigenvalue weighted by Crippen LogP contribution is -2.53. The first kappa shape index (κ1) is 14.8. The summed E-state index contributed by atoms with van der Waals surface area (Å²) in [6.45, 7) is 5.34. The summed E-state index contributed by atoms with van der Waals surface area (Å²) in [5.74, 6) is -0.479. The van der Waals surface area contributed by atoms with E-state index < -0.39 is 29.8 Å². The Balaban J connectivity index is 2.78. The summed E-state index contributed by atoms with van der Waals surface area (Å²) in [5.41, 5.74) is -0.639. The van der Waals surface area contributed by atoms with E-state index in [4.69, 9.17) is 4.74 Å². The molecule has 0 saturated carbocycles. The number of likely N-dealkylation sites (tertiary alicyclic amines) is 1. The fourth-order valence-corrected chi connectivity index (χ4v) is 1.86. The van der Waals surface area contributed by atoms with Crippen LogP contribution in [-0.4, -0.2) is 53.5 Å². The van der Waals surface area contributed by atoms with Gasteiger partial charge in [0.05, 0.1) is 19.8 Å². The number of methoxy groups -OCH3 is 1. The van der Waals surface area contributed by atoms with E-state index in [1.54, 1.807) is 20.8 Å². The van der Waals surface area contributed by atoms with Gasteiger partial charge in [0, 0.05) is 0 Å². The molecule has 0 aliphatic carbocycles. The summed E-state index contributed by atoms with van der Waals surface area (Å²) in [6.07, 6.45) is -0.373. The highest BCUT2D eigenvalue weighted by Gasteiger charge is 2.38. The fourth-order valence-electron chi connectivity index (χ4n) is 1.86. The third-order valence-electron chi connectivity index (χ3n) is 2.66. The second-order valence-electron chi connectivity index (χ2n) is 5.40. The molecule has 0 aromatic carbocycles. The molecule has 1 N–H and O–H groups in total. The molecule has 1 fully saturated rings. The summed E-state index contributed by atoms with van der Waals surface area (Å²) < 4.78 is 9.88. The molecule has 1 amide bonds. The Morgan fingerprint density at radius 1 is 1.28 bits per heavy atom. The molecule has 1 saturated heterocycles. The topological polar surface area (TPSA) is 76.1 Å². The monoisotopic (exact) mass is 259 g/mol. The van der Waals surface area contributed by atoms with E-state index in [-0.39, 0.29) is 6.54 Å². The highest BCUT2D eigenvalue weighted by molar-refractivity contribution is 5.81. The number of hydrogen-bond acceptors (Lipinski definition) is 5. The van der Waals surface area contributed by atoms with Gasteiger partial charge in [0.25, 0.3) is 0 Å². The predicted octanol–water partition coefficient (Wildman–Crippen LogP) is 0.920. The lowest BCUT2D eigenvalue weighted by atomic mass is 10.0. The van der Waals surface area contributed by atoms with Gasteiger partial charge in [-0.2, -0.15) is 0 Å². The minimum Gasteiger partial charge on any atom is -0.467 e. The van der Waals surface area contributed by atoms with Crippen LogP contribution in [0.5, 0.6) is 0 Å². The number of hydrogen-bond donors (Lipinski definition) is 1. The van der Waals surface area contributed by atoms with Crippen LogP contribution >= 0.6 is 0 Å². The molecule has 0 spiro atoms. The van der Waals surface area contributed by atoms with Crippen LogP contribution in [0.1, 0.15) is 33.6 Å². The van der Waals surface area contributed by atoms with Gasteiger partial charge in [0.2, 0.25) is 0 Å². The number of aliphatic hydroxyl groups is 1. The molecule has 18 heavy (non-hydrogen) atoms. The molecule has 6 nitrogen and oxygen atoms in total. The molecule has 1 aliphatic heterocycles. The molecule has 0 unspecified atom stereocenters. The summed E-state index contributed by atoms with van der Waals surface area (Å²) >= 11 is 0. The minimum atomic E-state index is -0.673. The van der Waals surface area contributed by atoms with Crippen LogP contribution in [0, 0.1) is 0 Å². The maximum absolute atomic E-state index is 12.0. The highest BCUT2D eigenvalue weighted by Crippen LogP contribution is 2.21. The highest BCUT2D eigenvalue weighted by atomic mass is 16.6. The van der Waals surface area contributed by atoms with Gasteiger partial charge >= 0.3 is 12.1 Å². The number of rotatable bonds is 1. The summed E-state index contributed by atoms with van der Waals surface area (Å²) in [7, 11) is 1.28. The molecular weight excluding hydrogens is 238 g/mol. The average Bonchev–Trinajstić information content (AvgIpc) is 2.25. The lowest BCUT2D eigenvalue weighted by Gasteiger charge is -2.36. The van der Waals surface area contributed by atoms with Gasteiger partial charge < -0.3 is 14.6 Å². The Morgan fingerprint density at radius 2 is 1.89 bits per heavy atom. The van der Waals surface area contributed by atoms with E-state index in [1.807, 2.05) is 0 Å². The number of nitrogens with zero attached hydrogens (tertiary/aromatic N) is 1. The number of ether oxygens (including phenoxy) is 2. The van der Waals surface area contributed by atoms with Crippen LogP contribution in [0.25, 0.3) is 0 Å². The van der Waals surface area contributed by atoms with Gasteiger partial charge in [0.15, 0.2) is 0 Å². The van der Waals surface area contributed by atoms with Crippen molar-refractivity contribution in [1.82, 2.24) is 4.90 Å². The predicted molar refractivity (Wildman–Crippen MR) is 64.0 cm³/mol. The quantitative estimate of drug-likeness (QED) is 0.709. The SMILES string of the molecule is COC(=O)[C@H]1CC[C@@H](O)CN1C(=O)OC(C)(C)C. The van der Waals surface area contributed by atoms with Gasteiger partial charge in [0.1, 0.15) is 11.6 Å². The van der Waals surface area contributed by atoms with E-state index in [9.17, 15) is 14.7 Å². The van der Waals surface area contributed by atoms with Crippen molar-refractivity contribution in [2.45, 2.75) is 51.4 Å². The third kappa shape index (κ3) is 3.87. The number of amides is 1. The smallest absolute Gasteiger partial charge is 0.411 e. The first-order chi connectivity index (χ1) is 8.24. The summed E-state index contributed by atoms with van der Waals surface area (Å²) in [4.78, 5) is 24.8. The average molecular weight is 259 g/mol. The van der Waals surface area contributed by atoms with Crippen LogP contribution in [0.2, 0.25) is 0 Å². The van der Waals surface area contributed by atoms with Crippen molar-refractivity contribution in [2.75, 3.05) is 13.7 Å². The Labute approximate surface area is 107 Å².